The molecule has 5 nitrogen and oxygen atoms in total. The Balaban J connectivity index is 1.65. The van der Waals surface area contributed by atoms with Crippen molar-refractivity contribution in [2.45, 2.75) is 19.8 Å². The molecular formula is C16H15N3O2S. The van der Waals surface area contributed by atoms with Gasteiger partial charge in [0.15, 0.2) is 0 Å². The van der Waals surface area contributed by atoms with Gasteiger partial charge in [0.2, 0.25) is 11.0 Å². The number of fused-ring (bicyclic) bond motifs is 1. The van der Waals surface area contributed by atoms with Gasteiger partial charge in [-0.05, 0) is 24.6 Å². The molecule has 0 fully saturated rings. The van der Waals surface area contributed by atoms with Crippen molar-refractivity contribution < 1.29 is 9.21 Å². The number of anilines is 1. The fourth-order valence-corrected chi connectivity index (χ4v) is 2.85. The van der Waals surface area contributed by atoms with E-state index in [-0.39, 0.29) is 5.91 Å². The summed E-state index contributed by atoms with van der Waals surface area (Å²) in [5, 5.41) is 13.1. The number of nitrogens with one attached hydrogen (secondary N) is 1. The minimum Gasteiger partial charge on any atom is -0.457 e. The third-order valence-corrected chi connectivity index (χ3v) is 3.90. The van der Waals surface area contributed by atoms with Crippen molar-refractivity contribution in [3.05, 3.63) is 47.2 Å². The second-order valence-electron chi connectivity index (χ2n) is 4.76. The van der Waals surface area contributed by atoms with Crippen LogP contribution >= 0.6 is 11.3 Å². The molecule has 1 amide bonds. The second kappa shape index (κ2) is 6.53. The summed E-state index contributed by atoms with van der Waals surface area (Å²) >= 11 is 1.40. The molecule has 3 rings (SSSR count). The number of aryl methyl sites for hydroxylation is 1. The van der Waals surface area contributed by atoms with Crippen molar-refractivity contribution in [2.75, 3.05) is 5.32 Å². The van der Waals surface area contributed by atoms with E-state index in [1.807, 2.05) is 30.3 Å². The molecule has 6 heteroatoms. The molecule has 0 saturated heterocycles. The van der Waals surface area contributed by atoms with Gasteiger partial charge in [-0.1, -0.05) is 36.5 Å². The number of para-hydroxylation sites is 1. The zero-order valence-electron chi connectivity index (χ0n) is 12.1. The molecule has 0 unspecified atom stereocenters. The molecule has 0 bridgehead atoms. The highest BCUT2D eigenvalue weighted by Gasteiger charge is 2.06. The van der Waals surface area contributed by atoms with Crippen LogP contribution in [0.25, 0.3) is 17.0 Å². The molecule has 2 heterocycles. The quantitative estimate of drug-likeness (QED) is 0.726. The van der Waals surface area contributed by atoms with Crippen LogP contribution in [-0.2, 0) is 11.2 Å². The van der Waals surface area contributed by atoms with Crippen molar-refractivity contribution in [1.82, 2.24) is 10.2 Å². The van der Waals surface area contributed by atoms with Gasteiger partial charge in [-0.15, -0.1) is 10.2 Å². The van der Waals surface area contributed by atoms with Gasteiger partial charge in [-0.3, -0.25) is 10.1 Å². The summed E-state index contributed by atoms with van der Waals surface area (Å²) in [4.78, 5) is 11.9. The Hall–Kier alpha value is -2.47. The van der Waals surface area contributed by atoms with Crippen molar-refractivity contribution in [3.63, 3.8) is 0 Å². The number of hydrogen-bond acceptors (Lipinski definition) is 5. The molecule has 3 aromatic rings. The maximum Gasteiger partial charge on any atom is 0.250 e. The van der Waals surface area contributed by atoms with E-state index in [9.17, 15) is 4.79 Å². The first-order valence-corrected chi connectivity index (χ1v) is 7.86. The van der Waals surface area contributed by atoms with E-state index in [1.54, 1.807) is 6.08 Å². The van der Waals surface area contributed by atoms with Gasteiger partial charge in [0.05, 0.1) is 0 Å². The number of carbonyl (C=O) groups is 1. The fourth-order valence-electron chi connectivity index (χ4n) is 2.01. The summed E-state index contributed by atoms with van der Waals surface area (Å²) in [7, 11) is 0. The highest BCUT2D eigenvalue weighted by atomic mass is 32.1. The molecule has 2 aromatic heterocycles. The first-order valence-electron chi connectivity index (χ1n) is 7.04. The molecule has 0 aliphatic rings. The summed E-state index contributed by atoms with van der Waals surface area (Å²) in [5.41, 5.74) is 0.802. The van der Waals surface area contributed by atoms with Crippen LogP contribution in [0.4, 0.5) is 5.13 Å². The van der Waals surface area contributed by atoms with E-state index in [0.717, 1.165) is 28.8 Å². The molecule has 0 aliphatic heterocycles. The minimum atomic E-state index is -0.250. The molecule has 22 heavy (non-hydrogen) atoms. The van der Waals surface area contributed by atoms with Crippen molar-refractivity contribution in [2.24, 2.45) is 0 Å². The SMILES string of the molecule is CCCc1nnc(NC(=O)/C=C/c2cc3ccccc3o2)s1. The van der Waals surface area contributed by atoms with Gasteiger partial charge < -0.3 is 4.42 Å². The van der Waals surface area contributed by atoms with E-state index >= 15 is 0 Å². The minimum absolute atomic E-state index is 0.250. The monoisotopic (exact) mass is 313 g/mol. The van der Waals surface area contributed by atoms with Gasteiger partial charge in [0.25, 0.3) is 0 Å². The average molecular weight is 313 g/mol. The number of benzene rings is 1. The molecule has 112 valence electrons. The van der Waals surface area contributed by atoms with Crippen molar-refractivity contribution >= 4 is 39.4 Å². The zero-order chi connectivity index (χ0) is 15.4. The largest absolute Gasteiger partial charge is 0.457 e. The molecule has 0 radical (unpaired) electrons. The summed E-state index contributed by atoms with van der Waals surface area (Å²) in [6.07, 6.45) is 4.96. The van der Waals surface area contributed by atoms with E-state index in [1.165, 1.54) is 17.4 Å². The predicted octanol–water partition coefficient (Wildman–Crippen LogP) is 3.89. The Morgan fingerprint density at radius 3 is 3.05 bits per heavy atom. The maximum atomic E-state index is 11.9. The molecule has 1 N–H and O–H groups in total. The number of aromatic nitrogens is 2. The number of hydrogen-bond donors (Lipinski definition) is 1. The number of carbonyl (C=O) groups excluding carboxylic acids is 1. The van der Waals surface area contributed by atoms with Crippen LogP contribution in [-0.4, -0.2) is 16.1 Å². The Morgan fingerprint density at radius 2 is 2.23 bits per heavy atom. The molecule has 0 spiro atoms. The Labute approximate surface area is 131 Å². The van der Waals surface area contributed by atoms with Gasteiger partial charge >= 0.3 is 0 Å². The van der Waals surface area contributed by atoms with Crippen molar-refractivity contribution in [3.8, 4) is 0 Å². The van der Waals surface area contributed by atoms with E-state index in [0.29, 0.717) is 10.9 Å². The summed E-state index contributed by atoms with van der Waals surface area (Å²) in [5.74, 6) is 0.389. The number of amides is 1. The Morgan fingerprint density at radius 1 is 1.36 bits per heavy atom. The first-order chi connectivity index (χ1) is 10.7. The molecule has 0 atom stereocenters. The van der Waals surface area contributed by atoms with Crippen LogP contribution in [0, 0.1) is 0 Å². The predicted molar refractivity (Wildman–Crippen MR) is 87.8 cm³/mol. The highest BCUT2D eigenvalue weighted by Crippen LogP contribution is 2.20. The highest BCUT2D eigenvalue weighted by molar-refractivity contribution is 7.15. The number of nitrogens with zero attached hydrogens (tertiary/aromatic N) is 2. The smallest absolute Gasteiger partial charge is 0.250 e. The summed E-state index contributed by atoms with van der Waals surface area (Å²) in [6.45, 7) is 2.08. The van der Waals surface area contributed by atoms with Gasteiger partial charge in [0, 0.05) is 17.9 Å². The number of furan rings is 1. The van der Waals surface area contributed by atoms with Gasteiger partial charge in [-0.2, -0.15) is 0 Å². The zero-order valence-corrected chi connectivity index (χ0v) is 12.9. The van der Waals surface area contributed by atoms with Gasteiger partial charge in [0.1, 0.15) is 16.4 Å². The van der Waals surface area contributed by atoms with Crippen molar-refractivity contribution in [1.29, 1.82) is 0 Å². The molecule has 0 aliphatic carbocycles. The van der Waals surface area contributed by atoms with Crippen LogP contribution in [0.5, 0.6) is 0 Å². The lowest BCUT2D eigenvalue weighted by Crippen LogP contribution is -2.07. The van der Waals surface area contributed by atoms with E-state index in [4.69, 9.17) is 4.42 Å². The second-order valence-corrected chi connectivity index (χ2v) is 5.82. The van der Waals surface area contributed by atoms with Crippen LogP contribution in [0.1, 0.15) is 24.1 Å². The lowest BCUT2D eigenvalue weighted by molar-refractivity contribution is -0.111. The summed E-state index contributed by atoms with van der Waals surface area (Å²) < 4.78 is 5.61. The Bertz CT molecular complexity index is 787. The third kappa shape index (κ3) is 3.40. The van der Waals surface area contributed by atoms with Crippen LogP contribution in [0.2, 0.25) is 0 Å². The topological polar surface area (TPSA) is 68.0 Å². The summed E-state index contributed by atoms with van der Waals surface area (Å²) in [6, 6.07) is 9.61. The lowest BCUT2D eigenvalue weighted by atomic mass is 10.2. The standard InChI is InChI=1S/C16H15N3O2S/c1-2-5-15-18-19-16(22-15)17-14(20)9-8-12-10-11-6-3-4-7-13(11)21-12/h3-4,6-10H,2,5H2,1H3,(H,17,19,20)/b9-8+. The lowest BCUT2D eigenvalue weighted by Gasteiger charge is -1.93. The normalized spacial score (nSPS) is 11.3. The molecular weight excluding hydrogens is 298 g/mol. The third-order valence-electron chi connectivity index (χ3n) is 3.00. The number of rotatable bonds is 5. The Kier molecular flexibility index (Phi) is 4.29. The molecule has 1 aromatic carbocycles. The first kappa shape index (κ1) is 14.5. The van der Waals surface area contributed by atoms with E-state index in [2.05, 4.69) is 22.4 Å². The van der Waals surface area contributed by atoms with Crippen LogP contribution in [0.3, 0.4) is 0 Å². The molecule has 0 saturated carbocycles. The maximum absolute atomic E-state index is 11.9. The van der Waals surface area contributed by atoms with Crippen LogP contribution in [0.15, 0.2) is 40.8 Å². The van der Waals surface area contributed by atoms with E-state index < -0.39 is 0 Å². The fraction of sp³-hybridized carbons (Fsp3) is 0.188. The van der Waals surface area contributed by atoms with Crippen LogP contribution < -0.4 is 5.32 Å². The average Bonchev–Trinajstić information content (AvgIpc) is 3.12. The van der Waals surface area contributed by atoms with Gasteiger partial charge in [-0.25, -0.2) is 0 Å².